The summed E-state index contributed by atoms with van der Waals surface area (Å²) in [6, 6.07) is 15.8. The van der Waals surface area contributed by atoms with Crippen molar-refractivity contribution in [2.24, 2.45) is 0 Å². The van der Waals surface area contributed by atoms with E-state index in [1.165, 1.54) is 0 Å². The zero-order valence-electron chi connectivity index (χ0n) is 18.6. The second kappa shape index (κ2) is 9.18. The number of aryl methyl sites for hydroxylation is 3. The highest BCUT2D eigenvalue weighted by atomic mass is 16.1. The Labute approximate surface area is 186 Å². The number of hydrogen-bond acceptors (Lipinski definition) is 4. The Kier molecular flexibility index (Phi) is 6.16. The maximum absolute atomic E-state index is 13.0. The van der Waals surface area contributed by atoms with E-state index in [9.17, 15) is 9.59 Å². The van der Waals surface area contributed by atoms with Crippen molar-refractivity contribution >= 4 is 11.6 Å². The molecule has 4 aromatic rings. The third-order valence-electron chi connectivity index (χ3n) is 5.51. The minimum Gasteiger partial charge on any atom is -0.350 e. The molecule has 0 aliphatic rings. The van der Waals surface area contributed by atoms with Crippen LogP contribution in [-0.2, 0) is 11.2 Å². The lowest BCUT2D eigenvalue weighted by Crippen LogP contribution is -2.26. The van der Waals surface area contributed by atoms with Crippen molar-refractivity contribution in [3.63, 3.8) is 0 Å². The lowest BCUT2D eigenvalue weighted by Gasteiger charge is -2.14. The van der Waals surface area contributed by atoms with Crippen molar-refractivity contribution in [3.8, 4) is 5.69 Å². The van der Waals surface area contributed by atoms with Crippen molar-refractivity contribution in [2.45, 2.75) is 46.1 Å². The van der Waals surface area contributed by atoms with Crippen molar-refractivity contribution < 1.29 is 4.79 Å². The summed E-state index contributed by atoms with van der Waals surface area (Å²) < 4.78 is 3.30. The number of aromatic nitrogens is 4. The van der Waals surface area contributed by atoms with E-state index in [1.54, 1.807) is 21.4 Å². The molecule has 0 radical (unpaired) electrons. The van der Waals surface area contributed by atoms with E-state index in [4.69, 9.17) is 0 Å². The van der Waals surface area contributed by atoms with Gasteiger partial charge in [-0.1, -0.05) is 36.4 Å². The van der Waals surface area contributed by atoms with Gasteiger partial charge in [-0.3, -0.25) is 18.6 Å². The second-order valence-corrected chi connectivity index (χ2v) is 8.18. The highest BCUT2D eigenvalue weighted by molar-refractivity contribution is 5.76. The zero-order chi connectivity index (χ0) is 22.7. The van der Waals surface area contributed by atoms with Gasteiger partial charge < -0.3 is 5.32 Å². The van der Waals surface area contributed by atoms with Gasteiger partial charge in [0.15, 0.2) is 0 Å². The van der Waals surface area contributed by atoms with E-state index < -0.39 is 0 Å². The van der Waals surface area contributed by atoms with Crippen molar-refractivity contribution in [1.29, 1.82) is 0 Å². The third-order valence-corrected chi connectivity index (χ3v) is 5.51. The van der Waals surface area contributed by atoms with Crippen LogP contribution >= 0.6 is 0 Å². The number of amides is 1. The van der Waals surface area contributed by atoms with Gasteiger partial charge in [-0.2, -0.15) is 0 Å². The molecule has 1 unspecified atom stereocenters. The van der Waals surface area contributed by atoms with Gasteiger partial charge in [-0.15, -0.1) is 10.2 Å². The lowest BCUT2D eigenvalue weighted by atomic mass is 10.1. The Bertz CT molecular complexity index is 1290. The van der Waals surface area contributed by atoms with Crippen LogP contribution in [0, 0.1) is 13.8 Å². The largest absolute Gasteiger partial charge is 0.350 e. The summed E-state index contributed by atoms with van der Waals surface area (Å²) in [6.45, 7) is 5.98. The molecule has 32 heavy (non-hydrogen) atoms. The first-order valence-electron chi connectivity index (χ1n) is 10.8. The molecule has 0 aliphatic carbocycles. The Hall–Kier alpha value is -3.74. The fourth-order valence-electron chi connectivity index (χ4n) is 3.94. The number of carbonyl (C=O) groups excluding carboxylic acids is 1. The molecule has 7 nitrogen and oxygen atoms in total. The predicted molar refractivity (Wildman–Crippen MR) is 124 cm³/mol. The fraction of sp³-hybridized carbons (Fsp3) is 0.280. The monoisotopic (exact) mass is 429 g/mol. The Morgan fingerprint density at radius 1 is 1.03 bits per heavy atom. The molecule has 2 aromatic carbocycles. The molecule has 0 saturated carbocycles. The number of nitrogens with one attached hydrogen (secondary N) is 1. The first kappa shape index (κ1) is 21.5. The number of carbonyl (C=O) groups is 1. The molecule has 4 rings (SSSR count). The topological polar surface area (TPSA) is 81.3 Å². The standard InChI is InChI=1S/C25H27N5O2/c1-17-14-18(2)16-21(15-17)29-12-13-30-22(27-28-24(30)25(29)32)10-7-11-23(31)26-19(3)20-8-5-4-6-9-20/h4-6,8-9,12-16,19H,7,10-11H2,1-3H3,(H,26,31). The van der Waals surface area contributed by atoms with E-state index in [2.05, 4.69) is 21.6 Å². The molecule has 0 aliphatic heterocycles. The van der Waals surface area contributed by atoms with Crippen LogP contribution in [0.4, 0.5) is 0 Å². The van der Waals surface area contributed by atoms with Gasteiger partial charge in [-0.25, -0.2) is 0 Å². The van der Waals surface area contributed by atoms with Gasteiger partial charge in [0.1, 0.15) is 5.82 Å². The summed E-state index contributed by atoms with van der Waals surface area (Å²) in [4.78, 5) is 25.3. The normalized spacial score (nSPS) is 12.1. The van der Waals surface area contributed by atoms with E-state index in [0.29, 0.717) is 25.1 Å². The molecule has 0 bridgehead atoms. The smallest absolute Gasteiger partial charge is 0.300 e. The molecular formula is C25H27N5O2. The van der Waals surface area contributed by atoms with Crippen LogP contribution in [0.1, 0.15) is 48.3 Å². The molecule has 164 valence electrons. The van der Waals surface area contributed by atoms with Crippen LogP contribution in [0.2, 0.25) is 0 Å². The molecule has 1 amide bonds. The van der Waals surface area contributed by atoms with Crippen LogP contribution in [-0.4, -0.2) is 25.1 Å². The van der Waals surface area contributed by atoms with Gasteiger partial charge >= 0.3 is 5.56 Å². The Morgan fingerprint density at radius 2 is 1.75 bits per heavy atom. The van der Waals surface area contributed by atoms with E-state index >= 15 is 0 Å². The molecule has 0 spiro atoms. The van der Waals surface area contributed by atoms with Crippen LogP contribution in [0.15, 0.2) is 65.7 Å². The van der Waals surface area contributed by atoms with Gasteiger partial charge in [0.05, 0.1) is 6.04 Å². The minimum absolute atomic E-state index is 0.00709. The summed E-state index contributed by atoms with van der Waals surface area (Å²) in [5.74, 6) is 0.668. The van der Waals surface area contributed by atoms with E-state index in [1.807, 2.05) is 63.2 Å². The van der Waals surface area contributed by atoms with E-state index in [0.717, 1.165) is 22.4 Å². The van der Waals surface area contributed by atoms with Crippen molar-refractivity contribution in [2.75, 3.05) is 0 Å². The number of nitrogens with zero attached hydrogens (tertiary/aromatic N) is 4. The van der Waals surface area contributed by atoms with Gasteiger partial charge in [-0.05, 0) is 56.0 Å². The summed E-state index contributed by atoms with van der Waals surface area (Å²) in [6.07, 6.45) is 5.10. The van der Waals surface area contributed by atoms with Gasteiger partial charge in [0.2, 0.25) is 11.6 Å². The first-order valence-corrected chi connectivity index (χ1v) is 10.8. The summed E-state index contributed by atoms with van der Waals surface area (Å²) in [5, 5.41) is 11.3. The predicted octanol–water partition coefficient (Wildman–Crippen LogP) is 3.70. The Morgan fingerprint density at radius 3 is 2.47 bits per heavy atom. The summed E-state index contributed by atoms with van der Waals surface area (Å²) >= 11 is 0. The summed E-state index contributed by atoms with van der Waals surface area (Å²) in [5.41, 5.74) is 4.13. The van der Waals surface area contributed by atoms with Gasteiger partial charge in [0.25, 0.3) is 0 Å². The summed E-state index contributed by atoms with van der Waals surface area (Å²) in [7, 11) is 0. The fourth-order valence-corrected chi connectivity index (χ4v) is 3.94. The average Bonchev–Trinajstić information content (AvgIpc) is 3.18. The molecular weight excluding hydrogens is 402 g/mol. The molecule has 2 aromatic heterocycles. The molecule has 0 saturated heterocycles. The van der Waals surface area contributed by atoms with Crippen LogP contribution in [0.5, 0.6) is 0 Å². The molecule has 0 fully saturated rings. The second-order valence-electron chi connectivity index (χ2n) is 8.18. The van der Waals surface area contributed by atoms with E-state index in [-0.39, 0.29) is 23.2 Å². The van der Waals surface area contributed by atoms with Crippen LogP contribution < -0.4 is 10.9 Å². The van der Waals surface area contributed by atoms with Crippen LogP contribution in [0.3, 0.4) is 0 Å². The first-order chi connectivity index (χ1) is 15.4. The van der Waals surface area contributed by atoms with Crippen molar-refractivity contribution in [1.82, 2.24) is 24.5 Å². The SMILES string of the molecule is Cc1cc(C)cc(-n2ccn3c(CCCC(=O)NC(C)c4ccccc4)nnc3c2=O)c1. The molecule has 1 atom stereocenters. The Balaban J connectivity index is 1.43. The minimum atomic E-state index is -0.217. The zero-order valence-corrected chi connectivity index (χ0v) is 18.6. The number of benzene rings is 2. The molecule has 2 heterocycles. The number of fused-ring (bicyclic) bond motifs is 1. The lowest BCUT2D eigenvalue weighted by molar-refractivity contribution is -0.121. The quantitative estimate of drug-likeness (QED) is 0.486. The highest BCUT2D eigenvalue weighted by Crippen LogP contribution is 2.14. The van der Waals surface area contributed by atoms with Crippen LogP contribution in [0.25, 0.3) is 11.3 Å². The van der Waals surface area contributed by atoms with Crippen molar-refractivity contribution in [3.05, 3.63) is 93.8 Å². The maximum atomic E-state index is 13.0. The van der Waals surface area contributed by atoms with Gasteiger partial charge in [0, 0.05) is 30.9 Å². The average molecular weight is 430 g/mol. The molecule has 7 heteroatoms. The number of rotatable bonds is 7. The highest BCUT2D eigenvalue weighted by Gasteiger charge is 2.13. The number of hydrogen-bond donors (Lipinski definition) is 1. The maximum Gasteiger partial charge on any atom is 0.300 e. The third kappa shape index (κ3) is 4.61. The molecule has 1 N–H and O–H groups in total.